The van der Waals surface area contributed by atoms with Crippen molar-refractivity contribution >= 4 is 25.3 Å². The molecule has 1 saturated carbocycles. The minimum Gasteiger partial charge on any atom is -0.175 e. The fourth-order valence-electron chi connectivity index (χ4n) is 0.921. The summed E-state index contributed by atoms with van der Waals surface area (Å²) < 4.78 is 0. The summed E-state index contributed by atoms with van der Waals surface area (Å²) in [6, 6.07) is 0. The van der Waals surface area contributed by atoms with Gasteiger partial charge in [0.25, 0.3) is 0 Å². The van der Waals surface area contributed by atoms with Gasteiger partial charge in [0.05, 0.1) is 0 Å². The van der Waals surface area contributed by atoms with Crippen molar-refractivity contribution in [3.8, 4) is 0 Å². The lowest BCUT2D eigenvalue weighted by Gasteiger charge is -2.03. The summed E-state index contributed by atoms with van der Waals surface area (Å²) in [5, 5.41) is 1.15. The molecule has 42 valence electrons. The first-order valence-corrected chi connectivity index (χ1v) is 3.70. The van der Waals surface area contributed by atoms with E-state index in [2.05, 4.69) is 25.3 Å². The van der Waals surface area contributed by atoms with E-state index in [1.807, 2.05) is 0 Å². The summed E-state index contributed by atoms with van der Waals surface area (Å²) in [6.45, 7) is 0. The maximum Gasteiger partial charge on any atom is 0.0133 e. The molecule has 1 rings (SSSR count). The van der Waals surface area contributed by atoms with Crippen molar-refractivity contribution in [2.24, 2.45) is 0 Å². The van der Waals surface area contributed by atoms with Gasteiger partial charge in [-0.1, -0.05) is 6.42 Å². The lowest BCUT2D eigenvalue weighted by atomic mass is 10.4. The lowest BCUT2D eigenvalue weighted by molar-refractivity contribution is 0.891. The zero-order valence-corrected chi connectivity index (χ0v) is 5.96. The van der Waals surface area contributed by atoms with Gasteiger partial charge in [-0.2, -0.15) is 25.3 Å². The van der Waals surface area contributed by atoms with Crippen LogP contribution in [0.4, 0.5) is 0 Å². The van der Waals surface area contributed by atoms with Crippen LogP contribution in [0.2, 0.25) is 0 Å². The molecule has 0 bridgehead atoms. The van der Waals surface area contributed by atoms with Crippen LogP contribution in [0.1, 0.15) is 19.3 Å². The van der Waals surface area contributed by atoms with Gasteiger partial charge in [-0.25, -0.2) is 0 Å². The molecule has 0 aromatic rings. The van der Waals surface area contributed by atoms with Gasteiger partial charge in [0, 0.05) is 10.5 Å². The smallest absolute Gasteiger partial charge is 0.0133 e. The van der Waals surface area contributed by atoms with Gasteiger partial charge in [-0.05, 0) is 12.8 Å². The summed E-state index contributed by atoms with van der Waals surface area (Å²) in [7, 11) is 0. The maximum atomic E-state index is 4.31. The molecule has 0 N–H and O–H groups in total. The van der Waals surface area contributed by atoms with Gasteiger partial charge < -0.3 is 0 Å². The first kappa shape index (κ1) is 5.83. The summed E-state index contributed by atoms with van der Waals surface area (Å²) in [5.74, 6) is 0. The number of hydrogen-bond donors (Lipinski definition) is 2. The number of hydrogen-bond acceptors (Lipinski definition) is 2. The molecule has 0 nitrogen and oxygen atoms in total. The highest BCUT2D eigenvalue weighted by Crippen LogP contribution is 2.27. The van der Waals surface area contributed by atoms with E-state index in [-0.39, 0.29) is 0 Å². The zero-order valence-electron chi connectivity index (χ0n) is 4.17. The first-order chi connectivity index (χ1) is 3.30. The van der Waals surface area contributed by atoms with E-state index < -0.39 is 0 Å². The average molecular weight is 134 g/mol. The highest BCUT2D eigenvalue weighted by molar-refractivity contribution is 7.85. The molecule has 0 spiro atoms. The molecule has 2 heteroatoms. The highest BCUT2D eigenvalue weighted by Gasteiger charge is 2.19. The molecule has 0 amide bonds. The van der Waals surface area contributed by atoms with E-state index in [1.165, 1.54) is 19.3 Å². The predicted molar refractivity (Wildman–Crippen MR) is 39.4 cm³/mol. The van der Waals surface area contributed by atoms with Gasteiger partial charge in [-0.3, -0.25) is 0 Å². The fraction of sp³-hybridized carbons (Fsp3) is 1.00. The Morgan fingerprint density at radius 1 is 1.00 bits per heavy atom. The molecule has 0 aliphatic heterocycles. The molecule has 7 heavy (non-hydrogen) atoms. The topological polar surface area (TPSA) is 0 Å². The van der Waals surface area contributed by atoms with Crippen molar-refractivity contribution in [3.05, 3.63) is 0 Å². The molecule has 2 atom stereocenters. The minimum atomic E-state index is 0.573. The summed E-state index contributed by atoms with van der Waals surface area (Å²) >= 11 is 8.62. The summed E-state index contributed by atoms with van der Waals surface area (Å²) in [5.41, 5.74) is 0. The molecule has 1 aliphatic rings. The molecular weight excluding hydrogens is 124 g/mol. The quantitative estimate of drug-likeness (QED) is 0.463. The van der Waals surface area contributed by atoms with Crippen LogP contribution in [0.5, 0.6) is 0 Å². The molecule has 0 aromatic heterocycles. The third kappa shape index (κ3) is 1.29. The van der Waals surface area contributed by atoms with Gasteiger partial charge in [0.2, 0.25) is 0 Å². The molecule has 0 radical (unpaired) electrons. The predicted octanol–water partition coefficient (Wildman–Crippen LogP) is 1.77. The van der Waals surface area contributed by atoms with Crippen LogP contribution in [0.25, 0.3) is 0 Å². The Morgan fingerprint density at radius 3 is 1.57 bits per heavy atom. The van der Waals surface area contributed by atoms with Crippen molar-refractivity contribution in [2.75, 3.05) is 0 Å². The second-order valence-electron chi connectivity index (χ2n) is 2.07. The van der Waals surface area contributed by atoms with Gasteiger partial charge in [0.15, 0.2) is 0 Å². The average Bonchev–Trinajstić information content (AvgIpc) is 1.91. The molecular formula is C5H10S2. The first-order valence-electron chi connectivity index (χ1n) is 2.67. The Hall–Kier alpha value is 0.700. The lowest BCUT2D eigenvalue weighted by Crippen LogP contribution is -2.04. The second kappa shape index (κ2) is 2.31. The Labute approximate surface area is 55.5 Å². The summed E-state index contributed by atoms with van der Waals surface area (Å²) in [6.07, 6.45) is 3.84. The molecule has 0 saturated heterocycles. The highest BCUT2D eigenvalue weighted by atomic mass is 32.1. The van der Waals surface area contributed by atoms with Crippen LogP contribution >= 0.6 is 25.3 Å². The second-order valence-corrected chi connectivity index (χ2v) is 3.39. The molecule has 0 aromatic carbocycles. The largest absolute Gasteiger partial charge is 0.175 e. The third-order valence-electron chi connectivity index (χ3n) is 1.44. The fourth-order valence-corrected chi connectivity index (χ4v) is 1.58. The van der Waals surface area contributed by atoms with Gasteiger partial charge in [-0.15, -0.1) is 0 Å². The van der Waals surface area contributed by atoms with Crippen molar-refractivity contribution in [1.29, 1.82) is 0 Å². The van der Waals surface area contributed by atoms with Crippen LogP contribution in [-0.2, 0) is 0 Å². The van der Waals surface area contributed by atoms with Gasteiger partial charge >= 0.3 is 0 Å². The van der Waals surface area contributed by atoms with Crippen molar-refractivity contribution in [3.63, 3.8) is 0 Å². The Balaban J connectivity index is 2.33. The van der Waals surface area contributed by atoms with Gasteiger partial charge in [0.1, 0.15) is 0 Å². The number of thiol groups is 2. The van der Waals surface area contributed by atoms with Crippen LogP contribution < -0.4 is 0 Å². The van der Waals surface area contributed by atoms with Crippen molar-refractivity contribution in [1.82, 2.24) is 0 Å². The van der Waals surface area contributed by atoms with Crippen LogP contribution in [0.15, 0.2) is 0 Å². The monoisotopic (exact) mass is 134 g/mol. The standard InChI is InChI=1S/C5H10S2/c6-4-2-1-3-5(4)7/h4-7H,1-3H2. The van der Waals surface area contributed by atoms with E-state index in [0.717, 1.165) is 0 Å². The molecule has 1 fully saturated rings. The third-order valence-corrected chi connectivity index (χ3v) is 2.92. The van der Waals surface area contributed by atoms with E-state index in [0.29, 0.717) is 10.5 Å². The minimum absolute atomic E-state index is 0.573. The van der Waals surface area contributed by atoms with E-state index in [9.17, 15) is 0 Å². The van der Waals surface area contributed by atoms with Crippen LogP contribution in [0.3, 0.4) is 0 Å². The number of rotatable bonds is 0. The Morgan fingerprint density at radius 2 is 1.43 bits per heavy atom. The Bertz CT molecular complexity index is 55.1. The van der Waals surface area contributed by atoms with E-state index in [1.54, 1.807) is 0 Å². The van der Waals surface area contributed by atoms with E-state index >= 15 is 0 Å². The summed E-state index contributed by atoms with van der Waals surface area (Å²) in [4.78, 5) is 0. The van der Waals surface area contributed by atoms with Crippen LogP contribution in [-0.4, -0.2) is 10.5 Å². The molecule has 2 unspecified atom stereocenters. The van der Waals surface area contributed by atoms with Crippen molar-refractivity contribution < 1.29 is 0 Å². The van der Waals surface area contributed by atoms with Crippen molar-refractivity contribution in [2.45, 2.75) is 29.8 Å². The van der Waals surface area contributed by atoms with E-state index in [4.69, 9.17) is 0 Å². The molecule has 0 heterocycles. The maximum absolute atomic E-state index is 4.31. The Kier molecular flexibility index (Phi) is 1.93. The SMILES string of the molecule is SC1CCCC1S. The zero-order chi connectivity index (χ0) is 5.28. The molecule has 1 aliphatic carbocycles. The normalized spacial score (nSPS) is 42.0. The van der Waals surface area contributed by atoms with Crippen LogP contribution in [0, 0.1) is 0 Å².